The monoisotopic (exact) mass is 382 g/mol. The highest BCUT2D eigenvalue weighted by atomic mass is 32.1. The van der Waals surface area contributed by atoms with Crippen LogP contribution in [-0.2, 0) is 4.74 Å². The first kappa shape index (κ1) is 18.9. The Morgan fingerprint density at radius 2 is 2.07 bits per heavy atom. The van der Waals surface area contributed by atoms with Gasteiger partial charge in [-0.2, -0.15) is 5.26 Å². The highest BCUT2D eigenvalue weighted by molar-refractivity contribution is 7.18. The third kappa shape index (κ3) is 4.66. The van der Waals surface area contributed by atoms with Crippen LogP contribution in [0.3, 0.4) is 0 Å². The molecule has 2 N–H and O–H groups in total. The van der Waals surface area contributed by atoms with Gasteiger partial charge in [0, 0.05) is 28.6 Å². The summed E-state index contributed by atoms with van der Waals surface area (Å²) in [6.07, 6.45) is 0.332. The van der Waals surface area contributed by atoms with Crippen LogP contribution in [-0.4, -0.2) is 29.8 Å². The molecule has 0 atom stereocenters. The second-order valence-electron chi connectivity index (χ2n) is 7.18. The molecule has 0 spiro atoms. The van der Waals surface area contributed by atoms with Gasteiger partial charge >= 0.3 is 6.09 Å². The van der Waals surface area contributed by atoms with Crippen molar-refractivity contribution < 1.29 is 9.53 Å². The van der Waals surface area contributed by atoms with Crippen molar-refractivity contribution in [2.45, 2.75) is 32.8 Å². The number of anilines is 1. The molecule has 0 aliphatic heterocycles. The minimum Gasteiger partial charge on any atom is -0.444 e. The van der Waals surface area contributed by atoms with Crippen LogP contribution in [0.15, 0.2) is 29.6 Å². The van der Waals surface area contributed by atoms with Gasteiger partial charge in [-0.05, 0) is 50.8 Å². The van der Waals surface area contributed by atoms with E-state index >= 15 is 0 Å². The van der Waals surface area contributed by atoms with E-state index in [-0.39, 0.29) is 0 Å². The number of carbonyl (C=O) groups is 1. The minimum atomic E-state index is -0.496. The quantitative estimate of drug-likeness (QED) is 0.627. The molecule has 3 rings (SSSR count). The normalized spacial score (nSPS) is 11.3. The number of hydrogen-bond acceptors (Lipinski definition) is 6. The van der Waals surface area contributed by atoms with E-state index in [9.17, 15) is 4.79 Å². The van der Waals surface area contributed by atoms with Gasteiger partial charge in [-0.3, -0.25) is 0 Å². The van der Waals surface area contributed by atoms with E-state index in [1.54, 1.807) is 11.3 Å². The fraction of sp³-hybridized carbons (Fsp3) is 0.350. The number of hydrogen-bond donors (Lipinski definition) is 2. The Morgan fingerprint density at radius 1 is 1.26 bits per heavy atom. The molecule has 0 radical (unpaired) electrons. The Kier molecular flexibility index (Phi) is 5.47. The molecule has 6 nitrogen and oxygen atoms in total. The molecule has 0 aliphatic rings. The second kappa shape index (κ2) is 7.80. The molecule has 3 aromatic rings. The Morgan fingerprint density at radius 3 is 2.81 bits per heavy atom. The number of nitrogens with zero attached hydrogens (tertiary/aromatic N) is 2. The fourth-order valence-electron chi connectivity index (χ4n) is 2.71. The van der Waals surface area contributed by atoms with Crippen molar-refractivity contribution in [3.05, 3.63) is 35.2 Å². The lowest BCUT2D eigenvalue weighted by atomic mass is 10.1. The van der Waals surface area contributed by atoms with Gasteiger partial charge in [0.25, 0.3) is 0 Å². The van der Waals surface area contributed by atoms with Crippen LogP contribution in [0.4, 0.5) is 10.6 Å². The largest absolute Gasteiger partial charge is 0.444 e. The van der Waals surface area contributed by atoms with Crippen molar-refractivity contribution in [2.75, 3.05) is 18.4 Å². The SMILES string of the molecule is CC(C)(C)OC(=O)NCCCNc1nc2cc(C#N)ccc2c2sccc12. The van der Waals surface area contributed by atoms with Crippen LogP contribution >= 0.6 is 11.3 Å². The summed E-state index contributed by atoms with van der Waals surface area (Å²) in [7, 11) is 0. The first-order valence-corrected chi connectivity index (χ1v) is 9.67. The number of thiophene rings is 1. The third-order valence-electron chi connectivity index (χ3n) is 3.84. The smallest absolute Gasteiger partial charge is 0.407 e. The molecule has 0 saturated carbocycles. The van der Waals surface area contributed by atoms with E-state index in [4.69, 9.17) is 15.0 Å². The molecule has 1 aromatic carbocycles. The molecule has 27 heavy (non-hydrogen) atoms. The molecule has 0 aliphatic carbocycles. The number of fused-ring (bicyclic) bond motifs is 3. The van der Waals surface area contributed by atoms with Gasteiger partial charge in [-0.15, -0.1) is 11.3 Å². The molecular formula is C20H22N4O2S. The topological polar surface area (TPSA) is 87.0 Å². The molecule has 2 aromatic heterocycles. The summed E-state index contributed by atoms with van der Waals surface area (Å²) in [4.78, 5) is 16.3. The zero-order valence-corrected chi connectivity index (χ0v) is 16.4. The first-order chi connectivity index (χ1) is 12.9. The summed E-state index contributed by atoms with van der Waals surface area (Å²) in [6.45, 7) is 6.69. The molecule has 0 unspecified atom stereocenters. The van der Waals surface area contributed by atoms with Crippen LogP contribution < -0.4 is 10.6 Å². The molecule has 140 valence electrons. The van der Waals surface area contributed by atoms with E-state index < -0.39 is 11.7 Å². The maximum Gasteiger partial charge on any atom is 0.407 e. The first-order valence-electron chi connectivity index (χ1n) is 8.79. The Bertz CT molecular complexity index is 1010. The fourth-order valence-corrected chi connectivity index (χ4v) is 3.64. The van der Waals surface area contributed by atoms with Gasteiger partial charge in [0.2, 0.25) is 0 Å². The van der Waals surface area contributed by atoms with Crippen molar-refractivity contribution in [1.29, 1.82) is 5.26 Å². The van der Waals surface area contributed by atoms with Crippen LogP contribution in [0.25, 0.3) is 21.0 Å². The number of nitrogens with one attached hydrogen (secondary N) is 2. The lowest BCUT2D eigenvalue weighted by Gasteiger charge is -2.19. The second-order valence-corrected chi connectivity index (χ2v) is 8.09. The van der Waals surface area contributed by atoms with Gasteiger partial charge in [0.15, 0.2) is 0 Å². The molecule has 0 bridgehead atoms. The van der Waals surface area contributed by atoms with Crippen LogP contribution in [0, 0.1) is 11.3 Å². The highest BCUT2D eigenvalue weighted by Crippen LogP contribution is 2.33. The number of amides is 1. The summed E-state index contributed by atoms with van der Waals surface area (Å²) >= 11 is 1.66. The van der Waals surface area contributed by atoms with Crippen molar-refractivity contribution in [2.24, 2.45) is 0 Å². The standard InChI is InChI=1S/C20H22N4O2S/c1-20(2,3)26-19(25)23-9-4-8-22-18-15-7-10-27-17(15)14-6-5-13(12-21)11-16(14)24-18/h5-7,10-11H,4,8-9H2,1-3H3,(H,22,24)(H,23,25). The average Bonchev–Trinajstić information content (AvgIpc) is 3.09. The maximum absolute atomic E-state index is 11.6. The number of nitriles is 1. The summed E-state index contributed by atoms with van der Waals surface area (Å²) in [6, 6.07) is 9.79. The van der Waals surface area contributed by atoms with Gasteiger partial charge in [-0.25, -0.2) is 9.78 Å². The van der Waals surface area contributed by atoms with Gasteiger partial charge in [0.05, 0.1) is 17.1 Å². The van der Waals surface area contributed by atoms with E-state index in [0.717, 1.165) is 33.2 Å². The van der Waals surface area contributed by atoms with E-state index in [1.165, 1.54) is 0 Å². The van der Waals surface area contributed by atoms with Crippen molar-refractivity contribution in [1.82, 2.24) is 10.3 Å². The minimum absolute atomic E-state index is 0.407. The highest BCUT2D eigenvalue weighted by Gasteiger charge is 2.15. The molecule has 7 heteroatoms. The van der Waals surface area contributed by atoms with Gasteiger partial charge in [0.1, 0.15) is 11.4 Å². The van der Waals surface area contributed by atoms with Crippen molar-refractivity contribution in [3.8, 4) is 6.07 Å². The Balaban J connectivity index is 1.65. The lowest BCUT2D eigenvalue weighted by Crippen LogP contribution is -2.33. The summed E-state index contributed by atoms with van der Waals surface area (Å²) in [5, 5.41) is 19.4. The van der Waals surface area contributed by atoms with Crippen molar-refractivity contribution >= 4 is 44.2 Å². The number of pyridine rings is 1. The average molecular weight is 382 g/mol. The molecule has 0 fully saturated rings. The van der Waals surface area contributed by atoms with Crippen LogP contribution in [0.5, 0.6) is 0 Å². The van der Waals surface area contributed by atoms with E-state index in [2.05, 4.69) is 16.7 Å². The molecule has 1 amide bonds. The molecular weight excluding hydrogens is 360 g/mol. The Hall–Kier alpha value is -2.85. The van der Waals surface area contributed by atoms with Crippen LogP contribution in [0.1, 0.15) is 32.8 Å². The number of ether oxygens (including phenoxy) is 1. The van der Waals surface area contributed by atoms with E-state index in [1.807, 2.05) is 50.4 Å². The predicted octanol–water partition coefficient (Wildman–Crippen LogP) is 4.65. The molecule has 2 heterocycles. The summed E-state index contributed by atoms with van der Waals surface area (Å²) < 4.78 is 6.36. The van der Waals surface area contributed by atoms with Gasteiger partial charge in [-0.1, -0.05) is 6.07 Å². The number of carbonyl (C=O) groups excluding carboxylic acids is 1. The Labute approximate surface area is 162 Å². The third-order valence-corrected chi connectivity index (χ3v) is 4.79. The van der Waals surface area contributed by atoms with E-state index in [0.29, 0.717) is 18.7 Å². The van der Waals surface area contributed by atoms with Crippen LogP contribution in [0.2, 0.25) is 0 Å². The number of alkyl carbamates (subject to hydrolysis) is 1. The van der Waals surface area contributed by atoms with Crippen molar-refractivity contribution in [3.63, 3.8) is 0 Å². The number of aromatic nitrogens is 1. The molecule has 0 saturated heterocycles. The zero-order valence-electron chi connectivity index (χ0n) is 15.6. The maximum atomic E-state index is 11.6. The lowest BCUT2D eigenvalue weighted by molar-refractivity contribution is 0.0528. The summed E-state index contributed by atoms with van der Waals surface area (Å²) in [5.41, 5.74) is 0.904. The predicted molar refractivity (Wildman–Crippen MR) is 109 cm³/mol. The number of rotatable bonds is 5. The summed E-state index contributed by atoms with van der Waals surface area (Å²) in [5.74, 6) is 0.797. The van der Waals surface area contributed by atoms with Gasteiger partial charge < -0.3 is 15.4 Å². The zero-order chi connectivity index (χ0) is 19.4. The number of benzene rings is 1.